The topological polar surface area (TPSA) is 237 Å². The fourth-order valence-electron chi connectivity index (χ4n) is 11.2. The monoisotopic (exact) mass is 1350 g/mol. The van der Waals surface area contributed by atoms with Crippen molar-refractivity contribution in [1.29, 1.82) is 0 Å². The van der Waals surface area contributed by atoms with Crippen molar-refractivity contribution in [1.82, 2.24) is 0 Å². The molecule has 0 aliphatic heterocycles. The smallest absolute Gasteiger partial charge is 0.462 e. The number of ether oxygens (including phenoxy) is 4. The standard InChI is InChI=1S/C73H142O17P2/c1-5-9-13-17-21-24-27-30-32-34-37-39-42-46-50-54-58-71(76)84-64-69(90-73(78)60-56-52-48-44-41-38-35-33-31-28-25-22-18-14-10-6-2)66-88-92(81,82)86-62-67(74)61-85-91(79,80)87-65-68(63-83-70(75)57-53-49-45-20-16-12-8-4)89-72(77)59-55-51-47-43-40-36-29-26-23-19-15-11-7-3/h67-69,74H,5-66H2,1-4H3,(H,79,80)(H,81,82)/t67-,68+,69+/m0/s1. The molecule has 0 rings (SSSR count). The second-order valence-electron chi connectivity index (χ2n) is 26.3. The Morgan fingerprint density at radius 3 is 0.641 bits per heavy atom. The summed E-state index contributed by atoms with van der Waals surface area (Å²) in [7, 11) is -9.90. The first-order valence-electron chi connectivity index (χ1n) is 38.3. The van der Waals surface area contributed by atoms with Crippen LogP contribution in [0.15, 0.2) is 0 Å². The Morgan fingerprint density at radius 2 is 0.435 bits per heavy atom. The predicted octanol–water partition coefficient (Wildman–Crippen LogP) is 21.4. The van der Waals surface area contributed by atoms with Gasteiger partial charge in [-0.05, 0) is 25.7 Å². The second kappa shape index (κ2) is 67.6. The van der Waals surface area contributed by atoms with Crippen LogP contribution in [0.4, 0.5) is 0 Å². The minimum atomic E-state index is -4.95. The highest BCUT2D eigenvalue weighted by molar-refractivity contribution is 7.47. The molecule has 0 aliphatic rings. The van der Waals surface area contributed by atoms with Crippen molar-refractivity contribution >= 4 is 39.5 Å². The van der Waals surface area contributed by atoms with Crippen LogP contribution in [0.2, 0.25) is 0 Å². The lowest BCUT2D eigenvalue weighted by Crippen LogP contribution is -2.30. The number of unbranched alkanes of at least 4 members (excludes halogenated alkanes) is 48. The van der Waals surface area contributed by atoms with E-state index in [2.05, 4.69) is 27.7 Å². The van der Waals surface area contributed by atoms with E-state index in [1.54, 1.807) is 0 Å². The molecule has 0 radical (unpaired) electrons. The largest absolute Gasteiger partial charge is 0.472 e. The van der Waals surface area contributed by atoms with Crippen LogP contribution < -0.4 is 0 Å². The maximum absolute atomic E-state index is 13.1. The van der Waals surface area contributed by atoms with E-state index in [-0.39, 0.29) is 25.7 Å². The molecular weight excluding hydrogens is 1210 g/mol. The number of hydrogen-bond acceptors (Lipinski definition) is 15. The number of carbonyl (C=O) groups excluding carboxylic acids is 4. The van der Waals surface area contributed by atoms with E-state index in [1.165, 1.54) is 205 Å². The van der Waals surface area contributed by atoms with Gasteiger partial charge in [0.25, 0.3) is 0 Å². The molecule has 546 valence electrons. The van der Waals surface area contributed by atoms with Crippen LogP contribution in [0.5, 0.6) is 0 Å². The minimum absolute atomic E-state index is 0.108. The Labute approximate surface area is 562 Å². The maximum Gasteiger partial charge on any atom is 0.472 e. The number of aliphatic hydroxyl groups excluding tert-OH is 1. The molecule has 0 aromatic heterocycles. The van der Waals surface area contributed by atoms with Crippen LogP contribution in [-0.2, 0) is 65.4 Å². The zero-order valence-electron chi connectivity index (χ0n) is 59.5. The molecule has 0 saturated carbocycles. The number of esters is 4. The molecule has 0 amide bonds. The van der Waals surface area contributed by atoms with Crippen molar-refractivity contribution in [2.75, 3.05) is 39.6 Å². The summed E-state index contributed by atoms with van der Waals surface area (Å²) < 4.78 is 68.3. The van der Waals surface area contributed by atoms with Crippen LogP contribution >= 0.6 is 15.6 Å². The number of phosphoric ester groups is 2. The fourth-order valence-corrected chi connectivity index (χ4v) is 12.8. The zero-order chi connectivity index (χ0) is 67.5. The summed E-state index contributed by atoms with van der Waals surface area (Å²) in [5.74, 6) is -2.12. The molecule has 0 aromatic carbocycles. The van der Waals surface area contributed by atoms with E-state index in [0.29, 0.717) is 25.7 Å². The Bertz CT molecular complexity index is 1760. The van der Waals surface area contributed by atoms with Gasteiger partial charge in [-0.1, -0.05) is 336 Å². The highest BCUT2D eigenvalue weighted by Crippen LogP contribution is 2.45. The average Bonchev–Trinajstić information content (AvgIpc) is 3.73. The van der Waals surface area contributed by atoms with Crippen molar-refractivity contribution in [3.63, 3.8) is 0 Å². The van der Waals surface area contributed by atoms with Crippen LogP contribution in [0, 0.1) is 0 Å². The summed E-state index contributed by atoms with van der Waals surface area (Å²) >= 11 is 0. The van der Waals surface area contributed by atoms with Crippen molar-refractivity contribution in [3.8, 4) is 0 Å². The lowest BCUT2D eigenvalue weighted by Gasteiger charge is -2.21. The van der Waals surface area contributed by atoms with Gasteiger partial charge in [0.15, 0.2) is 12.2 Å². The quantitative estimate of drug-likeness (QED) is 0.0222. The summed E-state index contributed by atoms with van der Waals surface area (Å²) in [5, 5.41) is 10.6. The molecule has 2 unspecified atom stereocenters. The van der Waals surface area contributed by atoms with E-state index < -0.39 is 97.5 Å². The molecule has 19 heteroatoms. The predicted molar refractivity (Wildman–Crippen MR) is 372 cm³/mol. The van der Waals surface area contributed by atoms with E-state index in [9.17, 15) is 43.2 Å². The van der Waals surface area contributed by atoms with Crippen molar-refractivity contribution in [2.24, 2.45) is 0 Å². The number of phosphoric acid groups is 2. The van der Waals surface area contributed by atoms with Crippen molar-refractivity contribution in [2.45, 2.75) is 406 Å². The van der Waals surface area contributed by atoms with E-state index in [0.717, 1.165) is 103 Å². The lowest BCUT2D eigenvalue weighted by atomic mass is 10.0. The van der Waals surface area contributed by atoms with Crippen molar-refractivity contribution in [3.05, 3.63) is 0 Å². The number of rotatable bonds is 74. The molecule has 0 aliphatic carbocycles. The van der Waals surface area contributed by atoms with Gasteiger partial charge in [-0.3, -0.25) is 37.3 Å². The van der Waals surface area contributed by atoms with Gasteiger partial charge in [0.1, 0.15) is 19.3 Å². The average molecular weight is 1350 g/mol. The summed E-state index contributed by atoms with van der Waals surface area (Å²) in [6.07, 6.45) is 56.9. The van der Waals surface area contributed by atoms with Crippen molar-refractivity contribution < 1.29 is 80.2 Å². The Hall–Kier alpha value is -1.94. The Kier molecular flexibility index (Phi) is 66.2. The molecule has 0 saturated heterocycles. The van der Waals surface area contributed by atoms with Gasteiger partial charge < -0.3 is 33.8 Å². The van der Waals surface area contributed by atoms with E-state index >= 15 is 0 Å². The van der Waals surface area contributed by atoms with Crippen LogP contribution in [0.1, 0.15) is 387 Å². The van der Waals surface area contributed by atoms with Crippen LogP contribution in [0.3, 0.4) is 0 Å². The Balaban J connectivity index is 5.19. The third-order valence-corrected chi connectivity index (χ3v) is 19.0. The molecule has 5 atom stereocenters. The normalized spacial score (nSPS) is 13.9. The fraction of sp³-hybridized carbons (Fsp3) is 0.945. The SMILES string of the molecule is CCCCCCCCCCCCCCCCCCC(=O)OC[C@H](COP(=O)(O)OC[C@@H](O)COP(=O)(O)OC[C@@H](COC(=O)CCCCCCCCC)OC(=O)CCCCCCCCCCCCCCC)OC(=O)CCCCCCCCCCCCCCCCCC. The van der Waals surface area contributed by atoms with Crippen LogP contribution in [-0.4, -0.2) is 96.7 Å². The molecule has 0 spiro atoms. The summed E-state index contributed by atoms with van der Waals surface area (Å²) in [6.45, 7) is 4.94. The van der Waals surface area contributed by atoms with Gasteiger partial charge in [-0.15, -0.1) is 0 Å². The summed E-state index contributed by atoms with van der Waals surface area (Å²) in [5.41, 5.74) is 0. The minimum Gasteiger partial charge on any atom is -0.462 e. The first-order valence-corrected chi connectivity index (χ1v) is 41.3. The zero-order valence-corrected chi connectivity index (χ0v) is 61.3. The van der Waals surface area contributed by atoms with Crippen LogP contribution in [0.25, 0.3) is 0 Å². The Morgan fingerprint density at radius 1 is 0.261 bits per heavy atom. The van der Waals surface area contributed by atoms with E-state index in [1.807, 2.05) is 0 Å². The first kappa shape index (κ1) is 90.1. The molecule has 0 aromatic rings. The third kappa shape index (κ3) is 66.7. The number of aliphatic hydroxyl groups is 1. The molecule has 0 fully saturated rings. The number of carbonyl (C=O) groups is 4. The third-order valence-electron chi connectivity index (χ3n) is 17.1. The summed E-state index contributed by atoms with van der Waals surface area (Å²) in [6, 6.07) is 0. The molecule has 92 heavy (non-hydrogen) atoms. The molecule has 3 N–H and O–H groups in total. The highest BCUT2D eigenvalue weighted by Gasteiger charge is 2.30. The lowest BCUT2D eigenvalue weighted by molar-refractivity contribution is -0.161. The van der Waals surface area contributed by atoms with Gasteiger partial charge in [0.2, 0.25) is 0 Å². The molecule has 17 nitrogen and oxygen atoms in total. The molecule has 0 heterocycles. The summed E-state index contributed by atoms with van der Waals surface area (Å²) in [4.78, 5) is 72.6. The van der Waals surface area contributed by atoms with Gasteiger partial charge in [0.05, 0.1) is 26.4 Å². The van der Waals surface area contributed by atoms with Gasteiger partial charge in [-0.2, -0.15) is 0 Å². The van der Waals surface area contributed by atoms with Gasteiger partial charge in [0, 0.05) is 25.7 Å². The molecular formula is C73H142O17P2. The van der Waals surface area contributed by atoms with Gasteiger partial charge >= 0.3 is 39.5 Å². The molecule has 0 bridgehead atoms. The maximum atomic E-state index is 13.1. The number of hydrogen-bond donors (Lipinski definition) is 3. The van der Waals surface area contributed by atoms with Gasteiger partial charge in [-0.25, -0.2) is 9.13 Å². The highest BCUT2D eigenvalue weighted by atomic mass is 31.2. The van der Waals surface area contributed by atoms with E-state index in [4.69, 9.17) is 37.0 Å². The first-order chi connectivity index (χ1) is 44.7. The second-order valence-corrected chi connectivity index (χ2v) is 29.2.